The summed E-state index contributed by atoms with van der Waals surface area (Å²) in [6, 6.07) is 1.97. The van der Waals surface area contributed by atoms with Gasteiger partial charge in [-0.3, -0.25) is 10.1 Å². The van der Waals surface area contributed by atoms with Gasteiger partial charge in [-0.2, -0.15) is 0 Å². The van der Waals surface area contributed by atoms with Crippen LogP contribution in [0.5, 0.6) is 0 Å². The third kappa shape index (κ3) is 2.39. The first-order valence-corrected chi connectivity index (χ1v) is 5.69. The highest BCUT2D eigenvalue weighted by Crippen LogP contribution is 2.19. The van der Waals surface area contributed by atoms with E-state index < -0.39 is 19.0 Å². The molecule has 0 aliphatic carbocycles. The third-order valence-corrected chi connectivity index (χ3v) is 2.56. The molecule has 76 valence electrons. The molecule has 14 heavy (non-hydrogen) atoms. The predicted molar refractivity (Wildman–Crippen MR) is 48.7 cm³/mol. The second-order valence-electron chi connectivity index (χ2n) is 2.50. The number of nitrogens with zero attached hydrogens (tertiary/aromatic N) is 2. The Hall–Kier alpha value is -1.21. The van der Waals surface area contributed by atoms with Gasteiger partial charge in [0.1, 0.15) is 0 Å². The average Bonchev–Trinajstić information content (AvgIpc) is 2.01. The van der Waals surface area contributed by atoms with Crippen molar-refractivity contribution < 1.29 is 13.3 Å². The highest BCUT2D eigenvalue weighted by Gasteiger charge is 2.17. The molecule has 0 amide bonds. The lowest BCUT2D eigenvalue weighted by Gasteiger charge is -1.97. The first-order valence-electron chi connectivity index (χ1n) is 3.38. The molecule has 0 N–H and O–H groups in total. The lowest BCUT2D eigenvalue weighted by atomic mass is 10.3. The summed E-state index contributed by atoms with van der Waals surface area (Å²) in [5, 5.41) is 9.86. The fourth-order valence-corrected chi connectivity index (χ4v) is 1.60. The zero-order chi connectivity index (χ0) is 10.9. The second kappa shape index (κ2) is 3.50. The minimum absolute atomic E-state index is 0.221. The maximum atomic E-state index is 10.8. The van der Waals surface area contributed by atoms with Gasteiger partial charge >= 0.3 is 0 Å². The van der Waals surface area contributed by atoms with E-state index in [1.54, 1.807) is 0 Å². The molecule has 1 aromatic heterocycles. The average molecular weight is 237 g/mol. The van der Waals surface area contributed by atoms with Gasteiger partial charge in [0.15, 0.2) is 5.03 Å². The van der Waals surface area contributed by atoms with Gasteiger partial charge in [0, 0.05) is 22.4 Å². The van der Waals surface area contributed by atoms with Crippen LogP contribution >= 0.6 is 10.7 Å². The zero-order valence-electron chi connectivity index (χ0n) is 6.97. The summed E-state index contributed by atoms with van der Waals surface area (Å²) in [4.78, 5) is 13.2. The Morgan fingerprint density at radius 3 is 2.50 bits per heavy atom. The van der Waals surface area contributed by atoms with Gasteiger partial charge in [0.2, 0.25) is 0 Å². The van der Waals surface area contributed by atoms with Gasteiger partial charge < -0.3 is 0 Å². The van der Waals surface area contributed by atoms with Crippen LogP contribution in [0.3, 0.4) is 0 Å². The van der Waals surface area contributed by atoms with E-state index in [-0.39, 0.29) is 11.4 Å². The van der Waals surface area contributed by atoms with Crippen molar-refractivity contribution in [1.29, 1.82) is 0 Å². The monoisotopic (exact) mass is 236 g/mol. The van der Waals surface area contributed by atoms with Crippen LogP contribution in [0, 0.1) is 17.0 Å². The molecule has 1 rings (SSSR count). The fourth-order valence-electron chi connectivity index (χ4n) is 0.851. The van der Waals surface area contributed by atoms with E-state index >= 15 is 0 Å². The van der Waals surface area contributed by atoms with Gasteiger partial charge in [0.05, 0.1) is 11.0 Å². The van der Waals surface area contributed by atoms with Crippen LogP contribution in [-0.2, 0) is 9.05 Å². The SMILES string of the molecule is Cc1cc([N+](=O)[O-])cc(S(=O)(=O)Cl)n1. The van der Waals surface area contributed by atoms with Gasteiger partial charge in [-0.25, -0.2) is 13.4 Å². The minimum atomic E-state index is -4.02. The number of aryl methyl sites for hydroxylation is 1. The maximum Gasteiger partial charge on any atom is 0.278 e. The first-order chi connectivity index (χ1) is 6.30. The van der Waals surface area contributed by atoms with Crippen molar-refractivity contribution in [2.75, 3.05) is 0 Å². The van der Waals surface area contributed by atoms with E-state index in [0.717, 1.165) is 12.1 Å². The van der Waals surface area contributed by atoms with Crippen LogP contribution in [0.2, 0.25) is 0 Å². The van der Waals surface area contributed by atoms with Crippen molar-refractivity contribution in [2.24, 2.45) is 0 Å². The number of rotatable bonds is 2. The molecule has 0 saturated carbocycles. The molecule has 0 unspecified atom stereocenters. The zero-order valence-corrected chi connectivity index (χ0v) is 8.54. The minimum Gasteiger partial charge on any atom is -0.258 e. The lowest BCUT2D eigenvalue weighted by molar-refractivity contribution is -0.385. The Morgan fingerprint density at radius 1 is 1.50 bits per heavy atom. The smallest absolute Gasteiger partial charge is 0.258 e. The van der Waals surface area contributed by atoms with Crippen LogP contribution in [0.25, 0.3) is 0 Å². The van der Waals surface area contributed by atoms with Crippen LogP contribution in [0.15, 0.2) is 17.2 Å². The van der Waals surface area contributed by atoms with Gasteiger partial charge in [-0.1, -0.05) is 0 Å². The Bertz CT molecular complexity index is 485. The van der Waals surface area contributed by atoms with Crippen molar-refractivity contribution >= 4 is 25.4 Å². The van der Waals surface area contributed by atoms with Crippen LogP contribution in [-0.4, -0.2) is 18.3 Å². The highest BCUT2D eigenvalue weighted by atomic mass is 35.7. The van der Waals surface area contributed by atoms with E-state index in [0.29, 0.717) is 0 Å². The molecule has 0 aliphatic heterocycles. The number of aromatic nitrogens is 1. The van der Waals surface area contributed by atoms with E-state index in [1.165, 1.54) is 6.92 Å². The lowest BCUT2D eigenvalue weighted by Crippen LogP contribution is -1.99. The summed E-state index contributed by atoms with van der Waals surface area (Å²) >= 11 is 0. The summed E-state index contributed by atoms with van der Waals surface area (Å²) < 4.78 is 21.7. The maximum absolute atomic E-state index is 10.8. The molecule has 1 aromatic rings. The van der Waals surface area contributed by atoms with Gasteiger partial charge in [-0.05, 0) is 6.92 Å². The second-order valence-corrected chi connectivity index (χ2v) is 5.01. The highest BCUT2D eigenvalue weighted by molar-refractivity contribution is 8.13. The third-order valence-electron chi connectivity index (χ3n) is 1.38. The van der Waals surface area contributed by atoms with Crippen LogP contribution in [0.4, 0.5) is 5.69 Å². The Kier molecular flexibility index (Phi) is 2.72. The molecule has 0 aromatic carbocycles. The molecule has 0 radical (unpaired) electrons. The summed E-state index contributed by atoms with van der Waals surface area (Å²) in [7, 11) is 0.970. The van der Waals surface area contributed by atoms with E-state index in [1.807, 2.05) is 0 Å². The number of nitro groups is 1. The molecular weight excluding hydrogens is 232 g/mol. The summed E-state index contributed by atoms with van der Waals surface area (Å²) in [5.41, 5.74) is -0.129. The van der Waals surface area contributed by atoms with E-state index in [9.17, 15) is 18.5 Å². The summed E-state index contributed by atoms with van der Waals surface area (Å²) in [6.07, 6.45) is 0. The summed E-state index contributed by atoms with van der Waals surface area (Å²) in [5.74, 6) is 0. The molecule has 0 atom stereocenters. The van der Waals surface area contributed by atoms with Crippen LogP contribution < -0.4 is 0 Å². The van der Waals surface area contributed by atoms with E-state index in [4.69, 9.17) is 10.7 Å². The topological polar surface area (TPSA) is 90.2 Å². The van der Waals surface area contributed by atoms with Crippen molar-refractivity contribution in [3.8, 4) is 0 Å². The standard InChI is InChI=1S/C6H5ClN2O4S/c1-4-2-5(9(10)11)3-6(8-4)14(7,12)13/h2-3H,1H3. The number of hydrogen-bond acceptors (Lipinski definition) is 5. The molecule has 0 aliphatic rings. The van der Waals surface area contributed by atoms with Crippen LogP contribution in [0.1, 0.15) is 5.69 Å². The molecule has 0 saturated heterocycles. The Morgan fingerprint density at radius 2 is 2.07 bits per heavy atom. The van der Waals surface area contributed by atoms with Gasteiger partial charge in [0.25, 0.3) is 14.7 Å². The van der Waals surface area contributed by atoms with Crippen molar-refractivity contribution in [3.05, 3.63) is 27.9 Å². The van der Waals surface area contributed by atoms with Gasteiger partial charge in [-0.15, -0.1) is 0 Å². The van der Waals surface area contributed by atoms with Crippen molar-refractivity contribution in [1.82, 2.24) is 4.98 Å². The summed E-state index contributed by atoms with van der Waals surface area (Å²) in [6.45, 7) is 1.44. The quantitative estimate of drug-likeness (QED) is 0.438. The first kappa shape index (κ1) is 10.9. The normalized spacial score (nSPS) is 11.3. The number of pyridine rings is 1. The largest absolute Gasteiger partial charge is 0.278 e. The predicted octanol–water partition coefficient (Wildman–Crippen LogP) is 1.23. The molecule has 0 fully saturated rings. The van der Waals surface area contributed by atoms with E-state index in [2.05, 4.69) is 4.98 Å². The molecular formula is C6H5ClN2O4S. The van der Waals surface area contributed by atoms with Crippen molar-refractivity contribution in [2.45, 2.75) is 11.9 Å². The molecule has 0 bridgehead atoms. The number of halogens is 1. The number of hydrogen-bond donors (Lipinski definition) is 0. The van der Waals surface area contributed by atoms with Crippen molar-refractivity contribution in [3.63, 3.8) is 0 Å². The Labute approximate surface area is 84.1 Å². The molecule has 6 nitrogen and oxygen atoms in total. The fraction of sp³-hybridized carbons (Fsp3) is 0.167. The molecule has 1 heterocycles. The molecule has 0 spiro atoms. The molecule has 8 heteroatoms. The Balaban J connectivity index is 3.43.